The van der Waals surface area contributed by atoms with Gasteiger partial charge in [-0.05, 0) is 37.4 Å². The van der Waals surface area contributed by atoms with Crippen LogP contribution in [-0.4, -0.2) is 27.3 Å². The van der Waals surface area contributed by atoms with Crippen molar-refractivity contribution < 1.29 is 14.3 Å². The van der Waals surface area contributed by atoms with Gasteiger partial charge in [-0.2, -0.15) is 0 Å². The van der Waals surface area contributed by atoms with Gasteiger partial charge in [-0.25, -0.2) is 9.78 Å². The third-order valence-electron chi connectivity index (χ3n) is 3.74. The normalized spacial score (nSPS) is 11.9. The van der Waals surface area contributed by atoms with Crippen molar-refractivity contribution in [2.45, 2.75) is 26.5 Å². The number of hydrogen-bond donors (Lipinski definition) is 1. The van der Waals surface area contributed by atoms with Gasteiger partial charge in [0.15, 0.2) is 0 Å². The third-order valence-corrected chi connectivity index (χ3v) is 4.61. The maximum Gasteiger partial charge on any atom is 0.328 e. The van der Waals surface area contributed by atoms with E-state index >= 15 is 0 Å². The first kappa shape index (κ1) is 17.8. The molecule has 7 nitrogen and oxygen atoms in total. The van der Waals surface area contributed by atoms with Crippen LogP contribution in [0.1, 0.15) is 28.0 Å². The van der Waals surface area contributed by atoms with Crippen molar-refractivity contribution in [3.8, 4) is 0 Å². The van der Waals surface area contributed by atoms with E-state index in [2.05, 4.69) is 10.3 Å². The first-order valence-corrected chi connectivity index (χ1v) is 8.83. The van der Waals surface area contributed by atoms with Crippen LogP contribution in [0.15, 0.2) is 46.6 Å². The van der Waals surface area contributed by atoms with E-state index in [1.807, 2.05) is 13.0 Å². The molecule has 0 aromatic carbocycles. The van der Waals surface area contributed by atoms with Crippen LogP contribution in [-0.2, 0) is 16.1 Å². The summed E-state index contributed by atoms with van der Waals surface area (Å²) in [7, 11) is 0. The number of carbonyl (C=O) groups is 2. The summed E-state index contributed by atoms with van der Waals surface area (Å²) in [5.74, 6) is -0.928. The Morgan fingerprint density at radius 3 is 2.85 bits per heavy atom. The molecule has 26 heavy (non-hydrogen) atoms. The van der Waals surface area contributed by atoms with Crippen LogP contribution < -0.4 is 10.9 Å². The lowest BCUT2D eigenvalue weighted by Crippen LogP contribution is -2.39. The summed E-state index contributed by atoms with van der Waals surface area (Å²) >= 11 is 1.29. The highest BCUT2D eigenvalue weighted by atomic mass is 32.1. The molecule has 0 radical (unpaired) electrons. The average molecular weight is 371 g/mol. The predicted octanol–water partition coefficient (Wildman–Crippen LogP) is 1.93. The summed E-state index contributed by atoms with van der Waals surface area (Å²) in [5, 5.41) is 4.36. The number of fused-ring (bicyclic) bond motifs is 1. The molecule has 1 N–H and O–H groups in total. The van der Waals surface area contributed by atoms with Gasteiger partial charge >= 0.3 is 5.97 Å². The number of nitrogens with zero attached hydrogens (tertiary/aromatic N) is 2. The summed E-state index contributed by atoms with van der Waals surface area (Å²) in [6.07, 6.45) is 0. The molecule has 1 atom stereocenters. The number of hydrogen-bond acceptors (Lipinski definition) is 6. The summed E-state index contributed by atoms with van der Waals surface area (Å²) in [4.78, 5) is 41.1. The number of pyridine rings is 1. The van der Waals surface area contributed by atoms with E-state index in [0.717, 1.165) is 5.69 Å². The standard InChI is InChI=1S/C18H17N3O4S/c1-11-5-3-7-15-20-13(9-16(22)21(11)15)10-25-18(24)12(2)19-17(23)14-6-4-8-26-14/h3-9,12H,10H2,1-2H3,(H,19,23). The maximum absolute atomic E-state index is 12.2. The van der Waals surface area contributed by atoms with Gasteiger partial charge in [0.2, 0.25) is 0 Å². The Bertz CT molecular complexity index is 1010. The molecule has 0 aliphatic heterocycles. The summed E-state index contributed by atoms with van der Waals surface area (Å²) < 4.78 is 6.66. The van der Waals surface area contributed by atoms with Crippen LogP contribution in [0.3, 0.4) is 0 Å². The fourth-order valence-corrected chi connectivity index (χ4v) is 3.07. The molecule has 0 fully saturated rings. The number of ether oxygens (including phenoxy) is 1. The molecule has 8 heteroatoms. The largest absolute Gasteiger partial charge is 0.458 e. The van der Waals surface area contributed by atoms with E-state index in [-0.39, 0.29) is 18.1 Å². The molecule has 3 heterocycles. The van der Waals surface area contributed by atoms with Crippen molar-refractivity contribution in [3.05, 3.63) is 68.4 Å². The highest BCUT2D eigenvalue weighted by Crippen LogP contribution is 2.09. The van der Waals surface area contributed by atoms with Crippen molar-refractivity contribution in [2.75, 3.05) is 0 Å². The number of esters is 1. The Hall–Kier alpha value is -3.00. The molecule has 1 amide bonds. The Kier molecular flexibility index (Phi) is 5.13. The third kappa shape index (κ3) is 3.80. The molecule has 3 rings (SSSR count). The van der Waals surface area contributed by atoms with E-state index in [1.54, 1.807) is 36.6 Å². The second-order valence-corrected chi connectivity index (χ2v) is 6.67. The van der Waals surface area contributed by atoms with Gasteiger partial charge < -0.3 is 10.1 Å². The summed E-state index contributed by atoms with van der Waals surface area (Å²) in [6.45, 7) is 3.21. The zero-order chi connectivity index (χ0) is 18.7. The monoisotopic (exact) mass is 371 g/mol. The topological polar surface area (TPSA) is 89.8 Å². The number of carbonyl (C=O) groups excluding carboxylic acids is 2. The van der Waals surface area contributed by atoms with E-state index in [4.69, 9.17) is 4.74 Å². The first-order valence-electron chi connectivity index (χ1n) is 7.95. The fraction of sp³-hybridized carbons (Fsp3) is 0.222. The zero-order valence-electron chi connectivity index (χ0n) is 14.3. The highest BCUT2D eigenvalue weighted by Gasteiger charge is 2.19. The summed E-state index contributed by atoms with van der Waals surface area (Å²) in [6, 6.07) is 9.28. The number of aryl methyl sites for hydroxylation is 1. The molecule has 0 aliphatic carbocycles. The van der Waals surface area contributed by atoms with Gasteiger partial charge in [0, 0.05) is 11.8 Å². The van der Waals surface area contributed by atoms with Crippen LogP contribution in [0.2, 0.25) is 0 Å². The molecule has 0 spiro atoms. The zero-order valence-corrected chi connectivity index (χ0v) is 15.1. The van der Waals surface area contributed by atoms with E-state index in [1.165, 1.54) is 21.8 Å². The lowest BCUT2D eigenvalue weighted by molar-refractivity contribution is -0.146. The van der Waals surface area contributed by atoms with Gasteiger partial charge in [-0.15, -0.1) is 11.3 Å². The number of thiophene rings is 1. The van der Waals surface area contributed by atoms with Crippen molar-refractivity contribution in [1.82, 2.24) is 14.7 Å². The van der Waals surface area contributed by atoms with E-state index in [9.17, 15) is 14.4 Å². The molecular weight excluding hydrogens is 354 g/mol. The van der Waals surface area contributed by atoms with Crippen LogP contribution in [0.5, 0.6) is 0 Å². The second-order valence-electron chi connectivity index (χ2n) is 5.73. The van der Waals surface area contributed by atoms with Crippen molar-refractivity contribution >= 4 is 28.9 Å². The van der Waals surface area contributed by atoms with E-state index < -0.39 is 12.0 Å². The Morgan fingerprint density at radius 1 is 1.31 bits per heavy atom. The Balaban J connectivity index is 1.65. The van der Waals surface area contributed by atoms with Crippen molar-refractivity contribution in [1.29, 1.82) is 0 Å². The molecule has 1 unspecified atom stereocenters. The molecule has 0 bridgehead atoms. The fourth-order valence-electron chi connectivity index (χ4n) is 2.44. The second kappa shape index (κ2) is 7.49. The van der Waals surface area contributed by atoms with Gasteiger partial charge in [0.05, 0.1) is 10.6 Å². The molecule has 134 valence electrons. The van der Waals surface area contributed by atoms with E-state index in [0.29, 0.717) is 16.2 Å². The van der Waals surface area contributed by atoms with Crippen LogP contribution >= 0.6 is 11.3 Å². The predicted molar refractivity (Wildman–Crippen MR) is 97.2 cm³/mol. The SMILES string of the molecule is Cc1cccc2nc(COC(=O)C(C)NC(=O)c3cccs3)cc(=O)n12. The molecular formula is C18H17N3O4S. The minimum Gasteiger partial charge on any atom is -0.458 e. The Labute approximate surface area is 153 Å². The molecule has 0 saturated heterocycles. The van der Waals surface area contributed by atoms with Crippen LogP contribution in [0, 0.1) is 6.92 Å². The van der Waals surface area contributed by atoms with Crippen LogP contribution in [0.4, 0.5) is 0 Å². The lowest BCUT2D eigenvalue weighted by atomic mass is 10.3. The molecule has 0 saturated carbocycles. The Morgan fingerprint density at radius 2 is 2.12 bits per heavy atom. The minimum atomic E-state index is -0.812. The highest BCUT2D eigenvalue weighted by molar-refractivity contribution is 7.12. The maximum atomic E-state index is 12.2. The van der Waals surface area contributed by atoms with Gasteiger partial charge in [-0.3, -0.25) is 14.0 Å². The number of nitrogens with one attached hydrogen (secondary N) is 1. The van der Waals surface area contributed by atoms with Gasteiger partial charge in [0.1, 0.15) is 18.3 Å². The number of aromatic nitrogens is 2. The average Bonchev–Trinajstić information content (AvgIpc) is 3.14. The molecule has 0 aliphatic rings. The first-order chi connectivity index (χ1) is 12.5. The molecule has 3 aromatic heterocycles. The molecule has 3 aromatic rings. The van der Waals surface area contributed by atoms with Crippen LogP contribution in [0.25, 0.3) is 5.65 Å². The van der Waals surface area contributed by atoms with Gasteiger partial charge in [0.25, 0.3) is 11.5 Å². The van der Waals surface area contributed by atoms with Crippen molar-refractivity contribution in [3.63, 3.8) is 0 Å². The number of amides is 1. The smallest absolute Gasteiger partial charge is 0.328 e. The lowest BCUT2D eigenvalue weighted by Gasteiger charge is -2.13. The van der Waals surface area contributed by atoms with Gasteiger partial charge in [-0.1, -0.05) is 12.1 Å². The van der Waals surface area contributed by atoms with Crippen molar-refractivity contribution in [2.24, 2.45) is 0 Å². The summed E-state index contributed by atoms with van der Waals surface area (Å²) in [5.41, 5.74) is 1.37. The minimum absolute atomic E-state index is 0.141. The number of rotatable bonds is 5. The quantitative estimate of drug-likeness (QED) is 0.692.